The fraction of sp³-hybridized carbons (Fsp3) is 0.444. The largest absolute Gasteiger partial charge is 0.497 e. The van der Waals surface area contributed by atoms with Crippen molar-refractivity contribution in [2.45, 2.75) is 37.7 Å². The summed E-state index contributed by atoms with van der Waals surface area (Å²) in [7, 11) is 1.72. The molecule has 2 nitrogen and oxygen atoms in total. The Kier molecular flexibility index (Phi) is 3.23. The average molecular weight is 347 g/mol. The third-order valence-corrected chi connectivity index (χ3v) is 5.93. The lowest BCUT2D eigenvalue weighted by Gasteiger charge is -2.29. The number of benzene rings is 2. The summed E-state index contributed by atoms with van der Waals surface area (Å²) in [5.74, 6) is 2.09. The number of methoxy groups -OCH3 is 1. The second-order valence-corrected chi connectivity index (χ2v) is 7.22. The number of rotatable bonds is 1. The zero-order valence-corrected chi connectivity index (χ0v) is 13.7. The van der Waals surface area contributed by atoms with E-state index in [4.69, 9.17) is 4.74 Å². The third kappa shape index (κ3) is 2.09. The molecule has 21 heavy (non-hydrogen) atoms. The average Bonchev–Trinajstić information content (AvgIpc) is 2.87. The van der Waals surface area contributed by atoms with Gasteiger partial charge >= 0.3 is 0 Å². The maximum absolute atomic E-state index is 10.0. The van der Waals surface area contributed by atoms with Gasteiger partial charge in [-0.05, 0) is 83.7 Å². The Morgan fingerprint density at radius 3 is 2.86 bits per heavy atom. The topological polar surface area (TPSA) is 29.5 Å². The van der Waals surface area contributed by atoms with Crippen LogP contribution in [0.3, 0.4) is 0 Å². The predicted octanol–water partition coefficient (Wildman–Crippen LogP) is 4.41. The van der Waals surface area contributed by atoms with Crippen LogP contribution in [0.25, 0.3) is 10.8 Å². The molecule has 0 amide bonds. The van der Waals surface area contributed by atoms with Crippen LogP contribution < -0.4 is 4.74 Å². The highest BCUT2D eigenvalue weighted by Gasteiger charge is 2.38. The monoisotopic (exact) mass is 346 g/mol. The Labute approximate surface area is 133 Å². The molecule has 2 aromatic rings. The van der Waals surface area contributed by atoms with Crippen molar-refractivity contribution >= 4 is 26.7 Å². The van der Waals surface area contributed by atoms with Crippen LogP contribution in [0.5, 0.6) is 5.75 Å². The van der Waals surface area contributed by atoms with Crippen molar-refractivity contribution in [1.29, 1.82) is 0 Å². The molecule has 2 aromatic carbocycles. The van der Waals surface area contributed by atoms with Crippen LogP contribution in [-0.4, -0.2) is 18.3 Å². The molecule has 1 saturated carbocycles. The van der Waals surface area contributed by atoms with Gasteiger partial charge < -0.3 is 9.84 Å². The van der Waals surface area contributed by atoms with E-state index < -0.39 is 0 Å². The molecule has 3 atom stereocenters. The number of halogens is 1. The Hall–Kier alpha value is -1.06. The summed E-state index contributed by atoms with van der Waals surface area (Å²) in [5, 5.41) is 12.6. The number of fused-ring (bicyclic) bond motifs is 5. The fourth-order valence-electron chi connectivity index (χ4n) is 4.30. The maximum atomic E-state index is 10.0. The standard InChI is InChI=1S/C18H19BrO2/c1-21-12-3-5-14-16(8-12)13-4-2-10-6-11(20)7-15(10)17(13)9-18(14)19/h3,5,8-11,15,20H,2,4,6-7H2,1H3. The van der Waals surface area contributed by atoms with E-state index in [0.29, 0.717) is 11.8 Å². The third-order valence-electron chi connectivity index (χ3n) is 5.27. The van der Waals surface area contributed by atoms with E-state index in [1.54, 1.807) is 7.11 Å². The molecule has 0 radical (unpaired) electrons. The second kappa shape index (κ2) is 4.99. The van der Waals surface area contributed by atoms with Crippen LogP contribution in [0.2, 0.25) is 0 Å². The molecule has 110 valence electrons. The van der Waals surface area contributed by atoms with Crippen molar-refractivity contribution in [2.75, 3.05) is 7.11 Å². The van der Waals surface area contributed by atoms with Crippen LogP contribution in [0, 0.1) is 5.92 Å². The highest BCUT2D eigenvalue weighted by Crippen LogP contribution is 2.49. The van der Waals surface area contributed by atoms with Crippen LogP contribution in [-0.2, 0) is 6.42 Å². The van der Waals surface area contributed by atoms with Gasteiger partial charge in [-0.15, -0.1) is 0 Å². The van der Waals surface area contributed by atoms with Gasteiger partial charge in [0.1, 0.15) is 5.75 Å². The summed E-state index contributed by atoms with van der Waals surface area (Å²) in [6.45, 7) is 0. The molecule has 3 heteroatoms. The van der Waals surface area contributed by atoms with Crippen LogP contribution in [0.1, 0.15) is 36.3 Å². The van der Waals surface area contributed by atoms with E-state index in [1.807, 2.05) is 6.07 Å². The van der Waals surface area contributed by atoms with E-state index in [9.17, 15) is 5.11 Å². The molecule has 0 spiro atoms. The fourth-order valence-corrected chi connectivity index (χ4v) is 4.89. The Balaban J connectivity index is 1.94. The molecule has 0 aliphatic heterocycles. The normalized spacial score (nSPS) is 27.5. The molecule has 0 heterocycles. The predicted molar refractivity (Wildman–Crippen MR) is 88.0 cm³/mol. The first-order valence-corrected chi connectivity index (χ1v) is 8.43. The summed E-state index contributed by atoms with van der Waals surface area (Å²) < 4.78 is 6.56. The molecule has 0 bridgehead atoms. The van der Waals surface area contributed by atoms with Crippen molar-refractivity contribution in [3.05, 3.63) is 39.9 Å². The molecular weight excluding hydrogens is 328 g/mol. The first-order valence-electron chi connectivity index (χ1n) is 7.64. The number of aliphatic hydroxyl groups excluding tert-OH is 1. The smallest absolute Gasteiger partial charge is 0.119 e. The zero-order chi connectivity index (χ0) is 14.6. The van der Waals surface area contributed by atoms with Gasteiger partial charge in [-0.2, -0.15) is 0 Å². The number of hydrogen-bond donors (Lipinski definition) is 1. The first-order chi connectivity index (χ1) is 10.2. The lowest BCUT2D eigenvalue weighted by Crippen LogP contribution is -2.16. The van der Waals surface area contributed by atoms with E-state index in [2.05, 4.69) is 34.1 Å². The van der Waals surface area contributed by atoms with Crippen molar-refractivity contribution in [2.24, 2.45) is 5.92 Å². The Morgan fingerprint density at radius 2 is 2.05 bits per heavy atom. The highest BCUT2D eigenvalue weighted by molar-refractivity contribution is 9.10. The van der Waals surface area contributed by atoms with E-state index in [-0.39, 0.29) is 6.10 Å². The van der Waals surface area contributed by atoms with Crippen molar-refractivity contribution in [3.63, 3.8) is 0 Å². The molecule has 2 aliphatic rings. The maximum Gasteiger partial charge on any atom is 0.119 e. The number of aliphatic hydroxyl groups is 1. The minimum atomic E-state index is -0.120. The highest BCUT2D eigenvalue weighted by atomic mass is 79.9. The summed E-state index contributed by atoms with van der Waals surface area (Å²) in [4.78, 5) is 0. The van der Waals surface area contributed by atoms with Gasteiger partial charge in [0.2, 0.25) is 0 Å². The van der Waals surface area contributed by atoms with Gasteiger partial charge in [0, 0.05) is 4.47 Å². The van der Waals surface area contributed by atoms with Gasteiger partial charge in [-0.1, -0.05) is 15.9 Å². The number of ether oxygens (including phenoxy) is 1. The molecule has 1 fully saturated rings. The molecule has 0 aromatic heterocycles. The Morgan fingerprint density at radius 1 is 1.19 bits per heavy atom. The van der Waals surface area contributed by atoms with E-state index >= 15 is 0 Å². The number of hydrogen-bond acceptors (Lipinski definition) is 2. The van der Waals surface area contributed by atoms with Gasteiger partial charge in [-0.25, -0.2) is 0 Å². The second-order valence-electron chi connectivity index (χ2n) is 6.37. The Bertz CT molecular complexity index is 710. The molecule has 0 saturated heterocycles. The van der Waals surface area contributed by atoms with Crippen LogP contribution in [0.15, 0.2) is 28.7 Å². The minimum Gasteiger partial charge on any atom is -0.497 e. The van der Waals surface area contributed by atoms with Gasteiger partial charge in [0.25, 0.3) is 0 Å². The van der Waals surface area contributed by atoms with Gasteiger partial charge in [0.05, 0.1) is 13.2 Å². The number of aryl methyl sites for hydroxylation is 1. The summed E-state index contributed by atoms with van der Waals surface area (Å²) in [6.07, 6.45) is 4.08. The minimum absolute atomic E-state index is 0.120. The molecule has 3 unspecified atom stereocenters. The zero-order valence-electron chi connectivity index (χ0n) is 12.1. The van der Waals surface area contributed by atoms with Gasteiger partial charge in [-0.3, -0.25) is 0 Å². The van der Waals surface area contributed by atoms with Crippen LogP contribution in [0.4, 0.5) is 0 Å². The summed E-state index contributed by atoms with van der Waals surface area (Å²) in [6, 6.07) is 8.60. The lowest BCUT2D eigenvalue weighted by molar-refractivity contribution is 0.176. The summed E-state index contributed by atoms with van der Waals surface area (Å²) >= 11 is 3.73. The van der Waals surface area contributed by atoms with Crippen molar-refractivity contribution in [3.8, 4) is 5.75 Å². The molecule has 2 aliphatic carbocycles. The first kappa shape index (κ1) is 13.6. The lowest BCUT2D eigenvalue weighted by atomic mass is 9.75. The van der Waals surface area contributed by atoms with E-state index in [1.165, 1.54) is 28.3 Å². The van der Waals surface area contributed by atoms with Gasteiger partial charge in [0.15, 0.2) is 0 Å². The molecule has 4 rings (SSSR count). The quantitative estimate of drug-likeness (QED) is 0.828. The van der Waals surface area contributed by atoms with Crippen LogP contribution >= 0.6 is 15.9 Å². The SMILES string of the molecule is COc1ccc2c(Br)cc3c(c2c1)CCC1CC(O)CC31. The molecular formula is C18H19BrO2. The van der Waals surface area contributed by atoms with Crippen molar-refractivity contribution < 1.29 is 9.84 Å². The summed E-state index contributed by atoms with van der Waals surface area (Å²) in [5.41, 5.74) is 2.90. The van der Waals surface area contributed by atoms with E-state index in [0.717, 1.165) is 29.5 Å². The molecule has 1 N–H and O–H groups in total. The van der Waals surface area contributed by atoms with Crippen molar-refractivity contribution in [1.82, 2.24) is 0 Å².